The number of piperazine rings is 1. The second kappa shape index (κ2) is 6.15. The van der Waals surface area contributed by atoms with Gasteiger partial charge in [-0.2, -0.15) is 0 Å². The molecule has 1 saturated carbocycles. The van der Waals surface area contributed by atoms with Gasteiger partial charge in [-0.1, -0.05) is 6.92 Å². The fourth-order valence-electron chi connectivity index (χ4n) is 2.47. The molecule has 0 unspecified atom stereocenters. The summed E-state index contributed by atoms with van der Waals surface area (Å²) in [5.41, 5.74) is 0.660. The predicted octanol–water partition coefficient (Wildman–Crippen LogP) is 1.70. The molecule has 114 valence electrons. The fourth-order valence-corrected chi connectivity index (χ4v) is 3.46. The predicted molar refractivity (Wildman–Crippen MR) is 83.8 cm³/mol. The standard InChI is InChI=1S/C15H21N3O2S/c1-2-11-9-12(15(20)18-7-5-16-6-8-18)14(21-11)17-13(19)10-3-4-10/h9-10,16H,2-8H2,1H3,(H,17,19). The van der Waals surface area contributed by atoms with Crippen molar-refractivity contribution < 1.29 is 9.59 Å². The van der Waals surface area contributed by atoms with Gasteiger partial charge in [-0.25, -0.2) is 0 Å². The molecule has 2 fully saturated rings. The first-order valence-corrected chi connectivity index (χ1v) is 8.44. The molecule has 6 heteroatoms. The van der Waals surface area contributed by atoms with Gasteiger partial charge in [0, 0.05) is 37.0 Å². The van der Waals surface area contributed by atoms with E-state index in [1.54, 1.807) is 0 Å². The summed E-state index contributed by atoms with van der Waals surface area (Å²) in [4.78, 5) is 27.7. The maximum Gasteiger partial charge on any atom is 0.256 e. The average Bonchev–Trinajstić information content (AvgIpc) is 3.29. The van der Waals surface area contributed by atoms with Crippen molar-refractivity contribution >= 4 is 28.2 Å². The summed E-state index contributed by atoms with van der Waals surface area (Å²) < 4.78 is 0. The minimum atomic E-state index is 0.0403. The number of nitrogens with one attached hydrogen (secondary N) is 2. The van der Waals surface area contributed by atoms with Crippen LogP contribution in [-0.4, -0.2) is 42.9 Å². The number of rotatable bonds is 4. The summed E-state index contributed by atoms with van der Waals surface area (Å²) in [6.45, 7) is 5.19. The minimum Gasteiger partial charge on any atom is -0.336 e. The molecule has 1 aliphatic carbocycles. The van der Waals surface area contributed by atoms with Crippen molar-refractivity contribution in [1.82, 2.24) is 10.2 Å². The number of anilines is 1. The van der Waals surface area contributed by atoms with Crippen LogP contribution in [0.4, 0.5) is 5.00 Å². The summed E-state index contributed by atoms with van der Waals surface area (Å²) in [5.74, 6) is 0.256. The van der Waals surface area contributed by atoms with E-state index in [1.807, 2.05) is 11.0 Å². The molecule has 0 spiro atoms. The van der Waals surface area contributed by atoms with Gasteiger partial charge >= 0.3 is 0 Å². The van der Waals surface area contributed by atoms with Crippen LogP contribution in [-0.2, 0) is 11.2 Å². The first-order valence-electron chi connectivity index (χ1n) is 7.62. The summed E-state index contributed by atoms with van der Waals surface area (Å²) in [7, 11) is 0. The van der Waals surface area contributed by atoms with Crippen molar-refractivity contribution in [2.75, 3.05) is 31.5 Å². The van der Waals surface area contributed by atoms with Crippen molar-refractivity contribution in [3.8, 4) is 0 Å². The highest BCUT2D eigenvalue weighted by Crippen LogP contribution is 2.34. The van der Waals surface area contributed by atoms with Crippen molar-refractivity contribution in [2.45, 2.75) is 26.2 Å². The summed E-state index contributed by atoms with van der Waals surface area (Å²) in [5, 5.41) is 6.94. The highest BCUT2D eigenvalue weighted by Gasteiger charge is 2.31. The highest BCUT2D eigenvalue weighted by atomic mass is 32.1. The number of aryl methyl sites for hydroxylation is 1. The molecule has 1 aromatic heterocycles. The van der Waals surface area contributed by atoms with E-state index in [9.17, 15) is 9.59 Å². The Hall–Kier alpha value is -1.40. The van der Waals surface area contributed by atoms with Crippen LogP contribution in [0.3, 0.4) is 0 Å². The van der Waals surface area contributed by atoms with Gasteiger partial charge in [-0.3, -0.25) is 9.59 Å². The van der Waals surface area contributed by atoms with Crippen molar-refractivity contribution in [1.29, 1.82) is 0 Å². The number of carbonyl (C=O) groups excluding carboxylic acids is 2. The van der Waals surface area contributed by atoms with Crippen LogP contribution in [0.2, 0.25) is 0 Å². The van der Waals surface area contributed by atoms with Gasteiger partial charge in [0.1, 0.15) is 5.00 Å². The summed E-state index contributed by atoms with van der Waals surface area (Å²) >= 11 is 1.53. The third-order valence-corrected chi connectivity index (χ3v) is 5.15. The first kappa shape index (κ1) is 14.5. The Balaban J connectivity index is 1.79. The monoisotopic (exact) mass is 307 g/mol. The van der Waals surface area contributed by atoms with Gasteiger partial charge in [0.25, 0.3) is 5.91 Å². The largest absolute Gasteiger partial charge is 0.336 e. The fraction of sp³-hybridized carbons (Fsp3) is 0.600. The topological polar surface area (TPSA) is 61.4 Å². The molecule has 0 bridgehead atoms. The molecule has 0 aromatic carbocycles. The van der Waals surface area contributed by atoms with Gasteiger partial charge < -0.3 is 15.5 Å². The number of hydrogen-bond acceptors (Lipinski definition) is 4. The Morgan fingerprint density at radius 1 is 1.38 bits per heavy atom. The lowest BCUT2D eigenvalue weighted by molar-refractivity contribution is -0.117. The smallest absolute Gasteiger partial charge is 0.256 e. The minimum absolute atomic E-state index is 0.0403. The maximum atomic E-state index is 12.7. The van der Waals surface area contributed by atoms with E-state index in [4.69, 9.17) is 0 Å². The van der Waals surface area contributed by atoms with E-state index in [0.717, 1.165) is 55.3 Å². The molecule has 5 nitrogen and oxygen atoms in total. The molecule has 2 N–H and O–H groups in total. The van der Waals surface area contributed by atoms with Crippen LogP contribution in [0.25, 0.3) is 0 Å². The van der Waals surface area contributed by atoms with Crippen LogP contribution in [0.5, 0.6) is 0 Å². The van der Waals surface area contributed by atoms with Crippen molar-refractivity contribution in [3.05, 3.63) is 16.5 Å². The number of nitrogens with zero attached hydrogens (tertiary/aromatic N) is 1. The molecular weight excluding hydrogens is 286 g/mol. The van der Waals surface area contributed by atoms with Gasteiger partial charge in [0.15, 0.2) is 0 Å². The van der Waals surface area contributed by atoms with Crippen molar-refractivity contribution in [3.63, 3.8) is 0 Å². The lowest BCUT2D eigenvalue weighted by Gasteiger charge is -2.27. The summed E-state index contributed by atoms with van der Waals surface area (Å²) in [6.07, 6.45) is 2.82. The molecule has 0 atom stereocenters. The second-order valence-electron chi connectivity index (χ2n) is 5.61. The Kier molecular flexibility index (Phi) is 4.26. The zero-order chi connectivity index (χ0) is 14.8. The third kappa shape index (κ3) is 3.27. The molecular formula is C15H21N3O2S. The molecule has 3 rings (SSSR count). The lowest BCUT2D eigenvalue weighted by atomic mass is 10.2. The number of carbonyl (C=O) groups is 2. The van der Waals surface area contributed by atoms with Crippen LogP contribution in [0.1, 0.15) is 35.0 Å². The molecule has 0 radical (unpaired) electrons. The second-order valence-corrected chi connectivity index (χ2v) is 6.75. The van der Waals surface area contributed by atoms with E-state index in [0.29, 0.717) is 5.56 Å². The number of thiophene rings is 1. The average molecular weight is 307 g/mol. The zero-order valence-electron chi connectivity index (χ0n) is 12.3. The van der Waals surface area contributed by atoms with Crippen LogP contribution in [0.15, 0.2) is 6.07 Å². The quantitative estimate of drug-likeness (QED) is 0.890. The Morgan fingerprint density at radius 3 is 2.71 bits per heavy atom. The van der Waals surface area contributed by atoms with E-state index in [2.05, 4.69) is 17.6 Å². The van der Waals surface area contributed by atoms with Crippen LogP contribution in [0, 0.1) is 5.92 Å². The molecule has 1 aromatic rings. The van der Waals surface area contributed by atoms with Gasteiger partial charge in [0.05, 0.1) is 5.56 Å². The lowest BCUT2D eigenvalue weighted by Crippen LogP contribution is -2.46. The van der Waals surface area contributed by atoms with Gasteiger partial charge in [-0.05, 0) is 25.3 Å². The Morgan fingerprint density at radius 2 is 2.10 bits per heavy atom. The number of hydrogen-bond donors (Lipinski definition) is 2. The normalized spacial score (nSPS) is 18.6. The van der Waals surface area contributed by atoms with Gasteiger partial charge in [-0.15, -0.1) is 11.3 Å². The maximum absolute atomic E-state index is 12.7. The molecule has 2 aliphatic rings. The SMILES string of the molecule is CCc1cc(C(=O)N2CCNCC2)c(NC(=O)C2CC2)s1. The molecule has 2 heterocycles. The zero-order valence-corrected chi connectivity index (χ0v) is 13.1. The molecule has 1 saturated heterocycles. The molecule has 1 aliphatic heterocycles. The number of amides is 2. The first-order chi connectivity index (χ1) is 10.2. The van der Waals surface area contributed by atoms with Gasteiger partial charge in [0.2, 0.25) is 5.91 Å². The van der Waals surface area contributed by atoms with Crippen molar-refractivity contribution in [2.24, 2.45) is 5.92 Å². The highest BCUT2D eigenvalue weighted by molar-refractivity contribution is 7.16. The summed E-state index contributed by atoms with van der Waals surface area (Å²) in [6, 6.07) is 1.94. The Labute approximate surface area is 128 Å². The van der Waals surface area contributed by atoms with Crippen LogP contribution >= 0.6 is 11.3 Å². The molecule has 2 amide bonds. The van der Waals surface area contributed by atoms with E-state index < -0.39 is 0 Å². The Bertz CT molecular complexity index is 545. The molecule has 21 heavy (non-hydrogen) atoms. The van der Waals surface area contributed by atoms with Crippen LogP contribution < -0.4 is 10.6 Å². The third-order valence-electron chi connectivity index (χ3n) is 3.95. The van der Waals surface area contributed by atoms with E-state index in [-0.39, 0.29) is 17.7 Å². The van der Waals surface area contributed by atoms with E-state index >= 15 is 0 Å². The van der Waals surface area contributed by atoms with E-state index in [1.165, 1.54) is 11.3 Å².